The minimum atomic E-state index is 0.111. The lowest BCUT2D eigenvalue weighted by atomic mass is 9.89. The van der Waals surface area contributed by atoms with Gasteiger partial charge in [0, 0.05) is 25.5 Å². The molecule has 2 heterocycles. The smallest absolute Gasteiger partial charge is 0.225 e. The quantitative estimate of drug-likeness (QED) is 0.869. The third-order valence-electron chi connectivity index (χ3n) is 3.64. The Morgan fingerprint density at radius 2 is 2.00 bits per heavy atom. The van der Waals surface area contributed by atoms with Crippen molar-refractivity contribution in [3.8, 4) is 0 Å². The Bertz CT molecular complexity index is 380. The lowest BCUT2D eigenvalue weighted by Gasteiger charge is -2.32. The SMILES string of the molecule is CC(C)(C)c1cnc(N2CCCC(CN)C2)nc1. The summed E-state index contributed by atoms with van der Waals surface area (Å²) in [5, 5.41) is 0. The normalized spacial score (nSPS) is 21.1. The first-order chi connectivity index (χ1) is 8.50. The van der Waals surface area contributed by atoms with Gasteiger partial charge in [-0.3, -0.25) is 0 Å². The van der Waals surface area contributed by atoms with Gasteiger partial charge in [0.05, 0.1) is 0 Å². The maximum Gasteiger partial charge on any atom is 0.225 e. The largest absolute Gasteiger partial charge is 0.341 e. The number of rotatable bonds is 2. The lowest BCUT2D eigenvalue weighted by molar-refractivity contribution is 0.419. The van der Waals surface area contributed by atoms with E-state index in [9.17, 15) is 0 Å². The second-order valence-electron chi connectivity index (χ2n) is 6.21. The van der Waals surface area contributed by atoms with E-state index in [1.807, 2.05) is 12.4 Å². The highest BCUT2D eigenvalue weighted by Gasteiger charge is 2.21. The van der Waals surface area contributed by atoms with Crippen LogP contribution in [0.25, 0.3) is 0 Å². The molecule has 4 nitrogen and oxygen atoms in total. The van der Waals surface area contributed by atoms with Gasteiger partial charge in [-0.2, -0.15) is 0 Å². The van der Waals surface area contributed by atoms with Gasteiger partial charge in [0.15, 0.2) is 0 Å². The predicted molar refractivity (Wildman–Crippen MR) is 74.7 cm³/mol. The number of nitrogens with zero attached hydrogens (tertiary/aromatic N) is 3. The Morgan fingerprint density at radius 3 is 2.56 bits per heavy atom. The molecule has 0 radical (unpaired) electrons. The fourth-order valence-corrected chi connectivity index (χ4v) is 2.31. The van der Waals surface area contributed by atoms with Crippen molar-refractivity contribution in [3.05, 3.63) is 18.0 Å². The number of anilines is 1. The highest BCUT2D eigenvalue weighted by molar-refractivity contribution is 5.32. The van der Waals surface area contributed by atoms with Crippen LogP contribution in [0.1, 0.15) is 39.2 Å². The van der Waals surface area contributed by atoms with Crippen LogP contribution in [0.2, 0.25) is 0 Å². The molecular weight excluding hydrogens is 224 g/mol. The Labute approximate surface area is 110 Å². The average molecular weight is 248 g/mol. The molecule has 1 aromatic rings. The molecule has 1 aromatic heterocycles. The summed E-state index contributed by atoms with van der Waals surface area (Å²) >= 11 is 0. The molecular formula is C14H24N4. The molecule has 1 aliphatic heterocycles. The Morgan fingerprint density at radius 1 is 1.33 bits per heavy atom. The van der Waals surface area contributed by atoms with Crippen LogP contribution in [0.3, 0.4) is 0 Å². The molecule has 0 bridgehead atoms. The summed E-state index contributed by atoms with van der Waals surface area (Å²) in [7, 11) is 0. The molecule has 4 heteroatoms. The van der Waals surface area contributed by atoms with Gasteiger partial charge in [-0.25, -0.2) is 9.97 Å². The van der Waals surface area contributed by atoms with Gasteiger partial charge < -0.3 is 10.6 Å². The lowest BCUT2D eigenvalue weighted by Crippen LogP contribution is -2.39. The van der Waals surface area contributed by atoms with Gasteiger partial charge in [0.2, 0.25) is 5.95 Å². The first-order valence-electron chi connectivity index (χ1n) is 6.78. The highest BCUT2D eigenvalue weighted by atomic mass is 15.2. The molecule has 1 unspecified atom stereocenters. The zero-order chi connectivity index (χ0) is 13.2. The van der Waals surface area contributed by atoms with Gasteiger partial charge in [-0.15, -0.1) is 0 Å². The topological polar surface area (TPSA) is 55.0 Å². The van der Waals surface area contributed by atoms with E-state index in [2.05, 4.69) is 35.6 Å². The van der Waals surface area contributed by atoms with E-state index in [-0.39, 0.29) is 5.41 Å². The number of hydrogen-bond donors (Lipinski definition) is 1. The van der Waals surface area contributed by atoms with E-state index >= 15 is 0 Å². The van der Waals surface area contributed by atoms with Gasteiger partial charge in [-0.1, -0.05) is 20.8 Å². The number of hydrogen-bond acceptors (Lipinski definition) is 4. The van der Waals surface area contributed by atoms with Crippen molar-refractivity contribution in [1.82, 2.24) is 9.97 Å². The molecule has 0 amide bonds. The highest BCUT2D eigenvalue weighted by Crippen LogP contribution is 2.23. The van der Waals surface area contributed by atoms with Crippen LogP contribution >= 0.6 is 0 Å². The standard InChI is InChI=1S/C14H24N4/c1-14(2,3)12-8-16-13(17-9-12)18-6-4-5-11(7-15)10-18/h8-9,11H,4-7,10,15H2,1-3H3. The van der Waals surface area contributed by atoms with Gasteiger partial charge in [0.25, 0.3) is 0 Å². The van der Waals surface area contributed by atoms with Gasteiger partial charge in [0.1, 0.15) is 0 Å². The molecule has 1 saturated heterocycles. The van der Waals surface area contributed by atoms with Crippen molar-refractivity contribution in [3.63, 3.8) is 0 Å². The van der Waals surface area contributed by atoms with Crippen molar-refractivity contribution >= 4 is 5.95 Å². The molecule has 0 aliphatic carbocycles. The summed E-state index contributed by atoms with van der Waals surface area (Å²) in [5.74, 6) is 1.44. The molecule has 18 heavy (non-hydrogen) atoms. The Kier molecular flexibility index (Phi) is 3.85. The molecule has 100 valence electrons. The van der Waals surface area contributed by atoms with Crippen molar-refractivity contribution in [2.24, 2.45) is 11.7 Å². The maximum atomic E-state index is 5.76. The van der Waals surface area contributed by atoms with Crippen molar-refractivity contribution in [1.29, 1.82) is 0 Å². The monoisotopic (exact) mass is 248 g/mol. The third kappa shape index (κ3) is 2.99. The van der Waals surface area contributed by atoms with Gasteiger partial charge >= 0.3 is 0 Å². The van der Waals surface area contributed by atoms with Crippen LogP contribution in [0.15, 0.2) is 12.4 Å². The molecule has 1 fully saturated rings. The first-order valence-corrected chi connectivity index (χ1v) is 6.78. The van der Waals surface area contributed by atoms with E-state index in [4.69, 9.17) is 5.73 Å². The van der Waals surface area contributed by atoms with Crippen LogP contribution in [0, 0.1) is 5.92 Å². The minimum absolute atomic E-state index is 0.111. The third-order valence-corrected chi connectivity index (χ3v) is 3.64. The average Bonchev–Trinajstić information content (AvgIpc) is 2.38. The summed E-state index contributed by atoms with van der Waals surface area (Å²) in [6.07, 6.45) is 6.32. The van der Waals surface area contributed by atoms with E-state index in [1.54, 1.807) is 0 Å². The number of piperidine rings is 1. The maximum absolute atomic E-state index is 5.76. The molecule has 0 aromatic carbocycles. The summed E-state index contributed by atoms with van der Waals surface area (Å²) in [5.41, 5.74) is 7.05. The summed E-state index contributed by atoms with van der Waals surface area (Å²) in [6.45, 7) is 9.33. The molecule has 1 atom stereocenters. The summed E-state index contributed by atoms with van der Waals surface area (Å²) < 4.78 is 0. The zero-order valence-electron chi connectivity index (χ0n) is 11.7. The minimum Gasteiger partial charge on any atom is -0.341 e. The van der Waals surface area contributed by atoms with E-state index in [1.165, 1.54) is 18.4 Å². The van der Waals surface area contributed by atoms with E-state index < -0.39 is 0 Å². The molecule has 0 spiro atoms. The van der Waals surface area contributed by atoms with E-state index in [0.29, 0.717) is 5.92 Å². The zero-order valence-corrected chi connectivity index (χ0v) is 11.7. The summed E-state index contributed by atoms with van der Waals surface area (Å²) in [4.78, 5) is 11.3. The van der Waals surface area contributed by atoms with Crippen molar-refractivity contribution in [2.45, 2.75) is 39.0 Å². The fraction of sp³-hybridized carbons (Fsp3) is 0.714. The van der Waals surface area contributed by atoms with Crippen LogP contribution in [0.4, 0.5) is 5.95 Å². The molecule has 2 N–H and O–H groups in total. The van der Waals surface area contributed by atoms with Crippen LogP contribution in [0.5, 0.6) is 0 Å². The molecule has 2 rings (SSSR count). The van der Waals surface area contributed by atoms with Crippen LogP contribution in [-0.2, 0) is 5.41 Å². The molecule has 0 saturated carbocycles. The van der Waals surface area contributed by atoms with Crippen molar-refractivity contribution in [2.75, 3.05) is 24.5 Å². The molecule has 1 aliphatic rings. The van der Waals surface area contributed by atoms with E-state index in [0.717, 1.165) is 25.6 Å². The fourth-order valence-electron chi connectivity index (χ4n) is 2.31. The number of nitrogens with two attached hydrogens (primary N) is 1. The predicted octanol–water partition coefficient (Wildman–Crippen LogP) is 1.95. The van der Waals surface area contributed by atoms with Crippen molar-refractivity contribution < 1.29 is 0 Å². The Hall–Kier alpha value is -1.16. The van der Waals surface area contributed by atoms with Crippen LogP contribution < -0.4 is 10.6 Å². The first kappa shape index (κ1) is 13.3. The van der Waals surface area contributed by atoms with Crippen LogP contribution in [-0.4, -0.2) is 29.6 Å². The second-order valence-corrected chi connectivity index (χ2v) is 6.21. The summed E-state index contributed by atoms with van der Waals surface area (Å²) in [6, 6.07) is 0. The van der Waals surface area contributed by atoms with Gasteiger partial charge in [-0.05, 0) is 36.3 Å². The number of aromatic nitrogens is 2. The second kappa shape index (κ2) is 5.22. The Balaban J connectivity index is 2.09.